The van der Waals surface area contributed by atoms with E-state index < -0.39 is 39.4 Å². The second kappa shape index (κ2) is 10.6. The van der Waals surface area contributed by atoms with E-state index in [1.807, 2.05) is 6.07 Å². The topological polar surface area (TPSA) is 140 Å². The van der Waals surface area contributed by atoms with Gasteiger partial charge in [-0.25, -0.2) is 31.9 Å². The normalized spacial score (nSPS) is 15.4. The van der Waals surface area contributed by atoms with Crippen molar-refractivity contribution >= 4 is 54.7 Å². The number of benzene rings is 2. The van der Waals surface area contributed by atoms with Gasteiger partial charge in [-0.15, -0.1) is 0 Å². The van der Waals surface area contributed by atoms with Crippen LogP contribution in [0.4, 0.5) is 25.3 Å². The number of anilines is 3. The van der Waals surface area contributed by atoms with Crippen molar-refractivity contribution in [2.75, 3.05) is 35.7 Å². The average Bonchev–Trinajstić information content (AvgIpc) is 3.68. The van der Waals surface area contributed by atoms with Crippen molar-refractivity contribution in [3.8, 4) is 17.3 Å². The summed E-state index contributed by atoms with van der Waals surface area (Å²) >= 11 is 1.17. The highest BCUT2D eigenvalue weighted by atomic mass is 32.2. The molecule has 0 atom stereocenters. The molecule has 0 amide bonds. The van der Waals surface area contributed by atoms with Gasteiger partial charge in [-0.1, -0.05) is 11.3 Å². The van der Waals surface area contributed by atoms with Gasteiger partial charge in [0.2, 0.25) is 10.0 Å². The van der Waals surface area contributed by atoms with Crippen molar-refractivity contribution in [1.82, 2.24) is 14.7 Å². The monoisotopic (exact) mass is 610 g/mol. The van der Waals surface area contributed by atoms with E-state index >= 15 is 4.39 Å². The molecule has 2 fully saturated rings. The van der Waals surface area contributed by atoms with Crippen LogP contribution in [0.5, 0.6) is 0 Å². The minimum absolute atomic E-state index is 0.194. The Bertz CT molecular complexity index is 1860. The lowest BCUT2D eigenvalue weighted by Crippen LogP contribution is -2.60. The van der Waals surface area contributed by atoms with Crippen molar-refractivity contribution in [3.63, 3.8) is 0 Å². The number of hydrogen-bond acceptors (Lipinski definition) is 9. The molecule has 2 aromatic carbocycles. The summed E-state index contributed by atoms with van der Waals surface area (Å²) in [5.41, 5.74) is 3.15. The Kier molecular flexibility index (Phi) is 7.04. The number of hydrogen-bond donors (Lipinski definition) is 2. The Morgan fingerprint density at radius 1 is 1.19 bits per heavy atom. The highest BCUT2D eigenvalue weighted by molar-refractivity contribution is 7.90. The van der Waals surface area contributed by atoms with Gasteiger partial charge < -0.3 is 14.9 Å². The molecule has 1 aliphatic heterocycles. The molecule has 2 aromatic heterocycles. The zero-order valence-corrected chi connectivity index (χ0v) is 23.8. The molecule has 14 heteroatoms. The van der Waals surface area contributed by atoms with Crippen LogP contribution in [0.3, 0.4) is 0 Å². The highest BCUT2D eigenvalue weighted by Crippen LogP contribution is 2.44. The predicted octanol–water partition coefficient (Wildman–Crippen LogP) is 4.35. The van der Waals surface area contributed by atoms with E-state index in [0.717, 1.165) is 18.5 Å². The lowest BCUT2D eigenvalue weighted by atomic mass is 10.0. The van der Waals surface area contributed by atoms with Crippen molar-refractivity contribution in [2.45, 2.75) is 24.8 Å². The van der Waals surface area contributed by atoms with Gasteiger partial charge in [0.25, 0.3) is 0 Å². The van der Waals surface area contributed by atoms with Crippen molar-refractivity contribution in [1.29, 1.82) is 5.26 Å². The first-order valence-electron chi connectivity index (χ1n) is 13.0. The number of pyridine rings is 1. The third kappa shape index (κ3) is 5.50. The molecule has 10 nitrogen and oxygen atoms in total. The highest BCUT2D eigenvalue weighted by Gasteiger charge is 2.33. The summed E-state index contributed by atoms with van der Waals surface area (Å²) < 4.78 is 55.4. The van der Waals surface area contributed by atoms with Gasteiger partial charge in [0.05, 0.1) is 11.7 Å². The van der Waals surface area contributed by atoms with Crippen LogP contribution in [0.15, 0.2) is 42.5 Å². The SMILES string of the molecule is CN(c1nc(-c2ccc(F)cc2)c(C#N)s1)c1cc(C2CC2)nc2c(F)cc(N3CC(NS(=O)(=O)CC(=O)O)C3)cc12. The summed E-state index contributed by atoms with van der Waals surface area (Å²) in [6, 6.07) is 12.5. The smallest absolute Gasteiger partial charge is 0.320 e. The standard InChI is InChI=1S/C28H24F2N6O4S2/c1-35(28-33-26(24(11-31)41-28)16-4-6-17(29)7-5-16)23-10-22(15-2-3-15)32-27-20(23)8-19(9-21(27)30)36-12-18(13-36)34-42(39,40)14-25(37)38/h4-10,15,18,34H,2-3,12-14H2,1H3,(H,37,38). The zero-order chi connectivity index (χ0) is 29.8. The first-order chi connectivity index (χ1) is 20.0. The maximum Gasteiger partial charge on any atom is 0.320 e. The molecule has 0 unspecified atom stereocenters. The number of carbonyl (C=O) groups is 1. The van der Waals surface area contributed by atoms with E-state index in [2.05, 4.69) is 15.8 Å². The third-order valence-electron chi connectivity index (χ3n) is 7.24. The van der Waals surface area contributed by atoms with Crippen LogP contribution >= 0.6 is 11.3 Å². The Labute approximate surface area is 243 Å². The Hall–Kier alpha value is -4.19. The summed E-state index contributed by atoms with van der Waals surface area (Å²) in [6.07, 6.45) is 1.91. The number of nitrogens with one attached hydrogen (secondary N) is 1. The molecular formula is C28H24F2N6O4S2. The van der Waals surface area contributed by atoms with Crippen molar-refractivity contribution in [3.05, 3.63) is 64.7 Å². The Balaban J connectivity index is 1.35. The van der Waals surface area contributed by atoms with E-state index in [9.17, 15) is 22.9 Å². The minimum Gasteiger partial charge on any atom is -0.480 e. The quantitative estimate of drug-likeness (QED) is 0.283. The van der Waals surface area contributed by atoms with Gasteiger partial charge in [-0.05, 0) is 55.3 Å². The third-order valence-corrected chi connectivity index (χ3v) is 9.59. The molecule has 2 aliphatic rings. The average molecular weight is 611 g/mol. The first-order valence-corrected chi connectivity index (χ1v) is 15.5. The number of fused-ring (bicyclic) bond motifs is 1. The number of aromatic nitrogens is 2. The number of sulfonamides is 1. The number of nitriles is 1. The number of carboxylic acid groups (broad SMARTS) is 1. The maximum atomic E-state index is 15.6. The Morgan fingerprint density at radius 2 is 1.90 bits per heavy atom. The minimum atomic E-state index is -3.99. The molecule has 3 heterocycles. The van der Waals surface area contributed by atoms with Crippen molar-refractivity contribution < 1.29 is 27.1 Å². The molecular weight excluding hydrogens is 586 g/mol. The number of rotatable bonds is 9. The summed E-state index contributed by atoms with van der Waals surface area (Å²) in [5.74, 6) is -3.16. The van der Waals surface area contributed by atoms with Crippen LogP contribution in [0, 0.1) is 23.0 Å². The van der Waals surface area contributed by atoms with Crippen LogP contribution in [0.2, 0.25) is 0 Å². The van der Waals surface area contributed by atoms with E-state index in [-0.39, 0.29) is 24.5 Å². The number of halogens is 2. The Morgan fingerprint density at radius 3 is 2.55 bits per heavy atom. The van der Waals surface area contributed by atoms with Crippen LogP contribution in [0.1, 0.15) is 29.3 Å². The number of nitrogens with zero attached hydrogens (tertiary/aromatic N) is 5. The van der Waals surface area contributed by atoms with E-state index in [1.165, 1.54) is 29.5 Å². The van der Waals surface area contributed by atoms with Gasteiger partial charge in [0, 0.05) is 48.4 Å². The van der Waals surface area contributed by atoms with E-state index in [1.54, 1.807) is 35.0 Å². The summed E-state index contributed by atoms with van der Waals surface area (Å²) in [6.45, 7) is 0.475. The summed E-state index contributed by atoms with van der Waals surface area (Å²) in [4.78, 5) is 24.1. The summed E-state index contributed by atoms with van der Waals surface area (Å²) in [7, 11) is -2.21. The van der Waals surface area contributed by atoms with Gasteiger partial charge in [-0.3, -0.25) is 4.79 Å². The lowest BCUT2D eigenvalue weighted by molar-refractivity contribution is -0.134. The second-order valence-electron chi connectivity index (χ2n) is 10.4. The molecule has 1 saturated carbocycles. The fraction of sp³-hybridized carbons (Fsp3) is 0.286. The molecule has 1 aliphatic carbocycles. The van der Waals surface area contributed by atoms with Crippen LogP contribution in [-0.2, 0) is 14.8 Å². The molecule has 0 spiro atoms. The second-order valence-corrected chi connectivity index (χ2v) is 13.1. The van der Waals surface area contributed by atoms with Crippen molar-refractivity contribution in [2.24, 2.45) is 0 Å². The maximum absolute atomic E-state index is 15.6. The van der Waals surface area contributed by atoms with Gasteiger partial charge in [0.1, 0.15) is 28.0 Å². The number of carboxylic acids is 1. The largest absolute Gasteiger partial charge is 0.480 e. The fourth-order valence-electron chi connectivity index (χ4n) is 4.98. The summed E-state index contributed by atoms with van der Waals surface area (Å²) in [5, 5.41) is 19.6. The van der Waals surface area contributed by atoms with Crippen LogP contribution in [-0.4, -0.2) is 61.4 Å². The van der Waals surface area contributed by atoms with Crippen LogP contribution < -0.4 is 14.5 Å². The molecule has 0 radical (unpaired) electrons. The first kappa shape index (κ1) is 28.0. The molecule has 4 aromatic rings. The molecule has 0 bridgehead atoms. The van der Waals surface area contributed by atoms with Gasteiger partial charge in [-0.2, -0.15) is 5.26 Å². The molecule has 2 N–H and O–H groups in total. The fourth-order valence-corrected chi connectivity index (χ4v) is 6.90. The predicted molar refractivity (Wildman–Crippen MR) is 155 cm³/mol. The molecule has 42 heavy (non-hydrogen) atoms. The number of thiazole rings is 1. The molecule has 6 rings (SSSR count). The molecule has 1 saturated heterocycles. The van der Waals surface area contributed by atoms with Crippen LogP contribution in [0.25, 0.3) is 22.2 Å². The lowest BCUT2D eigenvalue weighted by Gasteiger charge is -2.41. The number of aliphatic carboxylic acids is 1. The van der Waals surface area contributed by atoms with Gasteiger partial charge >= 0.3 is 5.97 Å². The zero-order valence-electron chi connectivity index (χ0n) is 22.2. The van der Waals surface area contributed by atoms with E-state index in [0.29, 0.717) is 38.0 Å². The van der Waals surface area contributed by atoms with E-state index in [4.69, 9.17) is 10.1 Å². The molecule has 216 valence electrons. The van der Waals surface area contributed by atoms with Gasteiger partial charge in [0.15, 0.2) is 16.7 Å².